The predicted molar refractivity (Wildman–Crippen MR) is 132 cm³/mol. The summed E-state index contributed by atoms with van der Waals surface area (Å²) < 4.78 is 17.3. The zero-order valence-electron chi connectivity index (χ0n) is 19.7. The van der Waals surface area contributed by atoms with Crippen LogP contribution in [0.2, 0.25) is 0 Å². The number of rotatable bonds is 5. The van der Waals surface area contributed by atoms with Gasteiger partial charge < -0.3 is 9.45 Å². The minimum absolute atomic E-state index is 0.0300. The van der Waals surface area contributed by atoms with Crippen molar-refractivity contribution in [3.05, 3.63) is 69.0 Å². The predicted octanol–water partition coefficient (Wildman–Crippen LogP) is 4.36. The van der Waals surface area contributed by atoms with Crippen LogP contribution in [-0.2, 0) is 31.0 Å². The second-order valence-electron chi connectivity index (χ2n) is 9.56. The van der Waals surface area contributed by atoms with Crippen molar-refractivity contribution in [3.63, 3.8) is 0 Å². The highest BCUT2D eigenvalue weighted by Crippen LogP contribution is 2.30. The Kier molecular flexibility index (Phi) is 6.09. The van der Waals surface area contributed by atoms with E-state index in [1.165, 1.54) is 11.1 Å². The van der Waals surface area contributed by atoms with E-state index in [9.17, 15) is 9.35 Å². The van der Waals surface area contributed by atoms with Crippen LogP contribution in [-0.4, -0.2) is 18.9 Å². The van der Waals surface area contributed by atoms with E-state index >= 15 is 0 Å². The maximum Gasteiger partial charge on any atom is 0.262 e. The van der Waals surface area contributed by atoms with Crippen LogP contribution in [0.1, 0.15) is 62.9 Å². The zero-order valence-corrected chi connectivity index (χ0v) is 20.5. The van der Waals surface area contributed by atoms with Crippen molar-refractivity contribution >= 4 is 28.2 Å². The van der Waals surface area contributed by atoms with E-state index in [1.807, 2.05) is 65.8 Å². The molecule has 0 fully saturated rings. The monoisotopic (exact) mass is 452 g/mol. The maximum atomic E-state index is 13.5. The van der Waals surface area contributed by atoms with Crippen molar-refractivity contribution in [1.82, 2.24) is 14.3 Å². The fraction of sp³-hybridized carbons (Fsp3) is 0.440. The van der Waals surface area contributed by atoms with Gasteiger partial charge >= 0.3 is 0 Å². The Morgan fingerprint density at radius 3 is 2.38 bits per heavy atom. The molecule has 1 aliphatic rings. The van der Waals surface area contributed by atoms with Crippen LogP contribution in [0.5, 0.6) is 0 Å². The standard InChI is InChI=1S/C25H32N4O2S/c1-7-29-23(30)21-13-16(2)12-20(17(3)27-32(31)25(4,5)6)22(21)26-24(29)28-14-18-10-8-9-11-19(18)15-28/h8-13,17,27H,7,14-15H2,1-6H3/t17-,32?/m1/s1. The molecule has 2 heterocycles. The van der Waals surface area contributed by atoms with Crippen LogP contribution in [0, 0.1) is 6.92 Å². The molecule has 0 bridgehead atoms. The number of aryl methyl sites for hydroxylation is 1. The van der Waals surface area contributed by atoms with Crippen molar-refractivity contribution in [2.45, 2.75) is 72.0 Å². The quantitative estimate of drug-likeness (QED) is 0.583. The lowest BCUT2D eigenvalue weighted by Crippen LogP contribution is -2.40. The van der Waals surface area contributed by atoms with Crippen LogP contribution in [0.4, 0.5) is 5.95 Å². The van der Waals surface area contributed by atoms with Gasteiger partial charge in [0.2, 0.25) is 5.95 Å². The van der Waals surface area contributed by atoms with Crippen LogP contribution in [0.3, 0.4) is 0 Å². The Morgan fingerprint density at radius 1 is 1.19 bits per heavy atom. The van der Waals surface area contributed by atoms with Gasteiger partial charge in [-0.25, -0.2) is 4.98 Å². The summed E-state index contributed by atoms with van der Waals surface area (Å²) in [5.74, 6) is 0.690. The molecule has 1 aliphatic heterocycles. The summed E-state index contributed by atoms with van der Waals surface area (Å²) in [6.07, 6.45) is 0. The summed E-state index contributed by atoms with van der Waals surface area (Å²) in [4.78, 5) is 20.8. The third-order valence-electron chi connectivity index (χ3n) is 5.96. The molecule has 6 nitrogen and oxygen atoms in total. The second-order valence-corrected chi connectivity index (χ2v) is 11.6. The second kappa shape index (κ2) is 8.54. The first-order valence-electron chi connectivity index (χ1n) is 11.1. The molecule has 32 heavy (non-hydrogen) atoms. The Bertz CT molecular complexity index is 1190. The van der Waals surface area contributed by atoms with E-state index in [4.69, 9.17) is 4.98 Å². The van der Waals surface area contributed by atoms with Gasteiger partial charge in [0.25, 0.3) is 5.56 Å². The molecular formula is C25H32N4O2S. The molecule has 170 valence electrons. The molecule has 3 aromatic rings. The molecule has 0 amide bonds. The van der Waals surface area contributed by atoms with Crippen LogP contribution < -0.4 is 15.2 Å². The van der Waals surface area contributed by atoms with E-state index < -0.39 is 11.4 Å². The molecule has 1 aromatic heterocycles. The van der Waals surface area contributed by atoms with Gasteiger partial charge in [0, 0.05) is 36.6 Å². The summed E-state index contributed by atoms with van der Waals surface area (Å²) >= 11 is -1.23. The third-order valence-corrected chi connectivity index (χ3v) is 7.64. The number of nitrogens with one attached hydrogen (secondary N) is 1. The highest BCUT2D eigenvalue weighted by atomic mass is 32.2. The average molecular weight is 453 g/mol. The van der Waals surface area contributed by atoms with Gasteiger partial charge in [-0.1, -0.05) is 30.3 Å². The maximum absolute atomic E-state index is 13.5. The molecule has 1 unspecified atom stereocenters. The molecule has 0 aliphatic carbocycles. The minimum atomic E-state index is -1.23. The van der Waals surface area contributed by atoms with Crippen LogP contribution in [0.15, 0.2) is 41.2 Å². The summed E-state index contributed by atoms with van der Waals surface area (Å²) in [7, 11) is 0. The number of aromatic nitrogens is 2. The zero-order chi connectivity index (χ0) is 23.2. The van der Waals surface area contributed by atoms with E-state index in [0.717, 1.165) is 24.2 Å². The van der Waals surface area contributed by atoms with Gasteiger partial charge in [-0.3, -0.25) is 9.36 Å². The largest absolute Gasteiger partial charge is 0.598 e. The molecular weight excluding hydrogens is 420 g/mol. The SMILES string of the molecule is CCn1c(N2Cc3ccccc3C2)nc2c([C@@H](C)N[S+]([O-])C(C)(C)C)cc(C)cc2c1=O. The first-order valence-corrected chi connectivity index (χ1v) is 12.3. The molecule has 2 aromatic carbocycles. The van der Waals surface area contributed by atoms with Gasteiger partial charge in [-0.05, 0) is 64.3 Å². The smallest absolute Gasteiger partial charge is 0.262 e. The van der Waals surface area contributed by atoms with E-state index in [2.05, 4.69) is 21.8 Å². The molecule has 7 heteroatoms. The van der Waals surface area contributed by atoms with Crippen molar-refractivity contribution in [3.8, 4) is 0 Å². The fourth-order valence-corrected chi connectivity index (χ4v) is 5.02. The molecule has 0 saturated heterocycles. The number of anilines is 1. The van der Waals surface area contributed by atoms with Crippen LogP contribution >= 0.6 is 0 Å². The molecule has 0 spiro atoms. The Morgan fingerprint density at radius 2 is 1.81 bits per heavy atom. The molecule has 4 rings (SSSR count). The van der Waals surface area contributed by atoms with Crippen molar-refractivity contribution in [1.29, 1.82) is 0 Å². The first kappa shape index (κ1) is 22.8. The third kappa shape index (κ3) is 4.17. The highest BCUT2D eigenvalue weighted by Gasteiger charge is 2.30. The van der Waals surface area contributed by atoms with Gasteiger partial charge in [0.05, 0.1) is 16.9 Å². The topological polar surface area (TPSA) is 73.2 Å². The van der Waals surface area contributed by atoms with Crippen molar-refractivity contribution in [2.24, 2.45) is 0 Å². The lowest BCUT2D eigenvalue weighted by Gasteiger charge is -2.27. The Hall–Kier alpha value is -2.35. The summed E-state index contributed by atoms with van der Waals surface area (Å²) in [6.45, 7) is 13.8. The Balaban J connectivity index is 1.84. The molecule has 0 saturated carbocycles. The number of hydrogen-bond donors (Lipinski definition) is 1. The number of nitrogens with zero attached hydrogens (tertiary/aromatic N) is 3. The molecule has 1 N–H and O–H groups in total. The van der Waals surface area contributed by atoms with E-state index in [0.29, 0.717) is 23.4 Å². The van der Waals surface area contributed by atoms with Gasteiger partial charge in [-0.2, -0.15) is 0 Å². The first-order chi connectivity index (χ1) is 15.1. The van der Waals surface area contributed by atoms with Gasteiger partial charge in [0.1, 0.15) is 4.75 Å². The van der Waals surface area contributed by atoms with Crippen LogP contribution in [0.25, 0.3) is 10.9 Å². The van der Waals surface area contributed by atoms with Crippen molar-refractivity contribution in [2.75, 3.05) is 4.90 Å². The highest BCUT2D eigenvalue weighted by molar-refractivity contribution is 7.90. The lowest BCUT2D eigenvalue weighted by atomic mass is 10.0. The summed E-state index contributed by atoms with van der Waals surface area (Å²) in [5.41, 5.74) is 5.08. The van der Waals surface area contributed by atoms with Gasteiger partial charge in [0.15, 0.2) is 0 Å². The van der Waals surface area contributed by atoms with Gasteiger partial charge in [-0.15, -0.1) is 4.72 Å². The average Bonchev–Trinajstić information content (AvgIpc) is 3.17. The minimum Gasteiger partial charge on any atom is -0.598 e. The number of fused-ring (bicyclic) bond motifs is 2. The molecule has 0 radical (unpaired) electrons. The molecule has 2 atom stereocenters. The van der Waals surface area contributed by atoms with E-state index in [1.54, 1.807) is 4.57 Å². The van der Waals surface area contributed by atoms with Crippen molar-refractivity contribution < 1.29 is 4.55 Å². The summed E-state index contributed by atoms with van der Waals surface area (Å²) in [5, 5.41) is 0.609. The Labute approximate surface area is 193 Å². The van der Waals surface area contributed by atoms with E-state index in [-0.39, 0.29) is 16.3 Å². The number of benzene rings is 2. The summed E-state index contributed by atoms with van der Waals surface area (Å²) in [6, 6.07) is 12.1. The number of hydrogen-bond acceptors (Lipinski definition) is 5. The fourth-order valence-electron chi connectivity index (χ4n) is 4.22. The lowest BCUT2D eigenvalue weighted by molar-refractivity contribution is 0.531. The normalized spacial score (nSPS) is 15.8.